The van der Waals surface area contributed by atoms with Crippen LogP contribution in [0.1, 0.15) is 10.4 Å². The first-order valence-corrected chi connectivity index (χ1v) is 8.33. The number of rotatable bonds is 3. The highest BCUT2D eigenvalue weighted by molar-refractivity contribution is 7.90. The van der Waals surface area contributed by atoms with Crippen molar-refractivity contribution in [3.05, 3.63) is 29.8 Å². The molecule has 0 spiro atoms. The minimum Gasteiger partial charge on any atom is -0.369 e. The van der Waals surface area contributed by atoms with Crippen LogP contribution in [0.15, 0.2) is 29.2 Å². The van der Waals surface area contributed by atoms with Gasteiger partial charge in [0.05, 0.1) is 5.56 Å². The van der Waals surface area contributed by atoms with Gasteiger partial charge in [-0.05, 0) is 12.1 Å². The van der Waals surface area contributed by atoms with Crippen LogP contribution < -0.4 is 5.32 Å². The second-order valence-corrected chi connectivity index (χ2v) is 8.52. The van der Waals surface area contributed by atoms with E-state index in [-0.39, 0.29) is 10.5 Å². The molecule has 1 heterocycles. The summed E-state index contributed by atoms with van der Waals surface area (Å²) in [5.74, 6) is -1.84. The zero-order valence-corrected chi connectivity index (χ0v) is 13.7. The molecule has 0 unspecified atom stereocenters. The zero-order valence-electron chi connectivity index (χ0n) is 10.7. The smallest absolute Gasteiger partial charge is 0.269 e. The molecule has 1 aromatic rings. The Kier molecular flexibility index (Phi) is 4.61. The number of sulfonamides is 1. The number of fused-ring (bicyclic) bond motifs is 1. The minimum absolute atomic E-state index is 0.0303. The summed E-state index contributed by atoms with van der Waals surface area (Å²) >= 11 is 16.1. The van der Waals surface area contributed by atoms with Crippen LogP contribution in [-0.4, -0.2) is 46.2 Å². The Morgan fingerprint density at radius 3 is 2.45 bits per heavy atom. The minimum atomic E-state index is -4.12. The number of hydrogen-bond donors (Lipinski definition) is 2. The molecule has 0 aliphatic carbocycles. The summed E-state index contributed by atoms with van der Waals surface area (Å²) in [4.78, 5) is 23.6. The van der Waals surface area contributed by atoms with Gasteiger partial charge in [0, 0.05) is 0 Å². The Hall–Kier alpha value is -1.06. The molecule has 0 fully saturated rings. The second kappa shape index (κ2) is 5.86. The maximum absolute atomic E-state index is 12.2. The van der Waals surface area contributed by atoms with Gasteiger partial charge >= 0.3 is 0 Å². The van der Waals surface area contributed by atoms with Crippen LogP contribution >= 0.6 is 34.8 Å². The van der Waals surface area contributed by atoms with Crippen molar-refractivity contribution >= 4 is 56.6 Å². The Bertz CT molecular complexity index is 731. The first-order valence-electron chi connectivity index (χ1n) is 5.75. The molecular formula is C11H9Cl3N2O5S. The Morgan fingerprint density at radius 1 is 1.32 bits per heavy atom. The van der Waals surface area contributed by atoms with Crippen molar-refractivity contribution in [3.63, 3.8) is 0 Å². The van der Waals surface area contributed by atoms with E-state index in [0.29, 0.717) is 4.31 Å². The van der Waals surface area contributed by atoms with E-state index in [1.807, 2.05) is 5.32 Å². The molecule has 11 heteroatoms. The fraction of sp³-hybridized carbons (Fsp3) is 0.273. The van der Waals surface area contributed by atoms with E-state index >= 15 is 0 Å². The molecule has 2 N–H and O–H groups in total. The van der Waals surface area contributed by atoms with Gasteiger partial charge in [-0.25, -0.2) is 12.7 Å². The monoisotopic (exact) mass is 386 g/mol. The molecule has 1 aliphatic rings. The van der Waals surface area contributed by atoms with Gasteiger partial charge in [-0.2, -0.15) is 0 Å². The van der Waals surface area contributed by atoms with Crippen molar-refractivity contribution in [2.24, 2.45) is 0 Å². The number of benzene rings is 1. The van der Waals surface area contributed by atoms with Crippen LogP contribution in [0.2, 0.25) is 0 Å². The van der Waals surface area contributed by atoms with Crippen LogP contribution in [0.5, 0.6) is 0 Å². The lowest BCUT2D eigenvalue weighted by Gasteiger charge is -2.21. The van der Waals surface area contributed by atoms with E-state index in [0.717, 1.165) is 0 Å². The SMILES string of the molecule is O=C(CN1C(=O)c2ccccc2S1(=O)=O)N[C@H](O)C(Cl)(Cl)Cl. The topological polar surface area (TPSA) is 104 Å². The predicted molar refractivity (Wildman–Crippen MR) is 79.1 cm³/mol. The molecule has 22 heavy (non-hydrogen) atoms. The zero-order chi connectivity index (χ0) is 16.7. The summed E-state index contributed by atoms with van der Waals surface area (Å²) in [5, 5.41) is 11.3. The third-order valence-electron chi connectivity index (χ3n) is 2.81. The van der Waals surface area contributed by atoms with Crippen LogP contribution in [0.4, 0.5) is 0 Å². The van der Waals surface area contributed by atoms with Gasteiger partial charge in [-0.1, -0.05) is 46.9 Å². The third kappa shape index (κ3) is 3.16. The summed E-state index contributed by atoms with van der Waals surface area (Å²) in [6, 6.07) is 5.56. The number of nitrogens with zero attached hydrogens (tertiary/aromatic N) is 1. The van der Waals surface area contributed by atoms with E-state index in [9.17, 15) is 23.1 Å². The van der Waals surface area contributed by atoms with Crippen LogP contribution in [-0.2, 0) is 14.8 Å². The summed E-state index contributed by atoms with van der Waals surface area (Å²) in [6.07, 6.45) is -1.85. The molecule has 120 valence electrons. The van der Waals surface area contributed by atoms with E-state index in [1.54, 1.807) is 0 Å². The van der Waals surface area contributed by atoms with Crippen molar-refractivity contribution in [1.82, 2.24) is 9.62 Å². The maximum Gasteiger partial charge on any atom is 0.269 e. The molecule has 1 aromatic carbocycles. The summed E-state index contributed by atoms with van der Waals surface area (Å²) in [7, 11) is -4.12. The van der Waals surface area contributed by atoms with Gasteiger partial charge in [-0.3, -0.25) is 9.59 Å². The van der Waals surface area contributed by atoms with E-state index < -0.39 is 38.4 Å². The Labute approximate surface area is 140 Å². The molecule has 0 saturated carbocycles. The number of aliphatic hydroxyl groups excluding tert-OH is 1. The van der Waals surface area contributed by atoms with E-state index in [4.69, 9.17) is 34.8 Å². The number of aliphatic hydroxyl groups is 1. The summed E-state index contributed by atoms with van der Waals surface area (Å²) < 4.78 is 22.6. The molecule has 7 nitrogen and oxygen atoms in total. The lowest BCUT2D eigenvalue weighted by molar-refractivity contribution is -0.123. The van der Waals surface area contributed by atoms with Crippen LogP contribution in [0, 0.1) is 0 Å². The summed E-state index contributed by atoms with van der Waals surface area (Å²) in [6.45, 7) is -0.840. The number of nitrogens with one attached hydrogen (secondary N) is 1. The quantitative estimate of drug-likeness (QED) is 0.585. The normalized spacial score (nSPS) is 18.0. The standard InChI is InChI=1S/C11H9Cl3N2O5S/c12-11(13,14)10(19)15-8(17)5-16-9(18)6-3-1-2-4-7(6)22(16,20)21/h1-4,10,19H,5H2,(H,15,17)/t10-/m1/s1. The molecule has 2 rings (SSSR count). The highest BCUT2D eigenvalue weighted by Crippen LogP contribution is 2.30. The van der Waals surface area contributed by atoms with Crippen molar-refractivity contribution < 1.29 is 23.1 Å². The van der Waals surface area contributed by atoms with Gasteiger partial charge in [-0.15, -0.1) is 0 Å². The first-order chi connectivity index (χ1) is 10.0. The second-order valence-electron chi connectivity index (χ2n) is 4.32. The Balaban J connectivity index is 2.19. The van der Waals surface area contributed by atoms with Gasteiger partial charge in [0.2, 0.25) is 9.70 Å². The van der Waals surface area contributed by atoms with E-state index in [2.05, 4.69) is 0 Å². The number of amides is 2. The molecule has 0 bridgehead atoms. The maximum atomic E-state index is 12.2. The predicted octanol–water partition coefficient (Wildman–Crippen LogP) is 0.636. The van der Waals surface area contributed by atoms with Gasteiger partial charge in [0.25, 0.3) is 15.9 Å². The van der Waals surface area contributed by atoms with E-state index in [1.165, 1.54) is 24.3 Å². The molecule has 0 aromatic heterocycles. The average Bonchev–Trinajstić information content (AvgIpc) is 2.60. The fourth-order valence-electron chi connectivity index (χ4n) is 1.80. The van der Waals surface area contributed by atoms with Crippen molar-refractivity contribution in [3.8, 4) is 0 Å². The molecule has 1 atom stereocenters. The molecule has 0 saturated heterocycles. The molecule has 1 aliphatic heterocycles. The van der Waals surface area contributed by atoms with Gasteiger partial charge in [0.1, 0.15) is 11.4 Å². The molecule has 0 radical (unpaired) electrons. The third-order valence-corrected chi connectivity index (χ3v) is 5.21. The number of halogens is 3. The number of carbonyl (C=O) groups is 2. The average molecular weight is 388 g/mol. The fourth-order valence-corrected chi connectivity index (χ4v) is 3.49. The van der Waals surface area contributed by atoms with Crippen molar-refractivity contribution in [1.29, 1.82) is 0 Å². The molecular weight excluding hydrogens is 379 g/mol. The number of carbonyl (C=O) groups excluding carboxylic acids is 2. The molecule has 2 amide bonds. The largest absolute Gasteiger partial charge is 0.369 e. The summed E-state index contributed by atoms with van der Waals surface area (Å²) in [5.41, 5.74) is -0.0303. The highest BCUT2D eigenvalue weighted by Gasteiger charge is 2.42. The van der Waals surface area contributed by atoms with Gasteiger partial charge in [0.15, 0.2) is 6.23 Å². The van der Waals surface area contributed by atoms with Crippen LogP contribution in [0.25, 0.3) is 0 Å². The first kappa shape index (κ1) is 17.3. The number of hydrogen-bond acceptors (Lipinski definition) is 5. The Morgan fingerprint density at radius 2 is 1.91 bits per heavy atom. The lowest BCUT2D eigenvalue weighted by atomic mass is 10.2. The van der Waals surface area contributed by atoms with Crippen molar-refractivity contribution in [2.45, 2.75) is 14.9 Å². The highest BCUT2D eigenvalue weighted by atomic mass is 35.6. The number of alkyl halides is 3. The van der Waals surface area contributed by atoms with Crippen molar-refractivity contribution in [2.75, 3.05) is 6.54 Å². The van der Waals surface area contributed by atoms with Gasteiger partial charge < -0.3 is 10.4 Å². The van der Waals surface area contributed by atoms with Crippen LogP contribution in [0.3, 0.4) is 0 Å². The lowest BCUT2D eigenvalue weighted by Crippen LogP contribution is -2.48.